The second kappa shape index (κ2) is 7.07. The second-order valence-electron chi connectivity index (χ2n) is 5.76. The van der Waals surface area contributed by atoms with Crippen LogP contribution < -0.4 is 4.90 Å². The normalized spacial score (nSPS) is 20.2. The zero-order chi connectivity index (χ0) is 15.4. The van der Waals surface area contributed by atoms with E-state index in [1.807, 2.05) is 6.07 Å². The molecular formula is C16H22FN3O2. The molecule has 1 aromatic rings. The summed E-state index contributed by atoms with van der Waals surface area (Å²) in [5.41, 5.74) is 1.73. The van der Waals surface area contributed by atoms with Gasteiger partial charge in [0.1, 0.15) is 5.82 Å². The Bertz CT molecular complexity index is 512. The van der Waals surface area contributed by atoms with Crippen LogP contribution in [0.3, 0.4) is 0 Å². The highest BCUT2D eigenvalue weighted by Gasteiger charge is 2.21. The molecule has 1 amide bonds. The van der Waals surface area contributed by atoms with E-state index in [0.29, 0.717) is 18.9 Å². The maximum atomic E-state index is 14.3. The molecule has 0 saturated carbocycles. The van der Waals surface area contributed by atoms with Gasteiger partial charge in [0.05, 0.1) is 18.9 Å². The summed E-state index contributed by atoms with van der Waals surface area (Å²) in [6.07, 6.45) is 0.901. The molecule has 0 N–H and O–H groups in total. The third kappa shape index (κ3) is 3.39. The van der Waals surface area contributed by atoms with Crippen LogP contribution in [0.1, 0.15) is 5.56 Å². The first-order valence-electron chi connectivity index (χ1n) is 7.80. The molecule has 2 saturated heterocycles. The summed E-state index contributed by atoms with van der Waals surface area (Å²) in [4.78, 5) is 16.9. The first kappa shape index (κ1) is 15.2. The van der Waals surface area contributed by atoms with Gasteiger partial charge < -0.3 is 14.5 Å². The molecule has 6 heteroatoms. The zero-order valence-corrected chi connectivity index (χ0v) is 12.7. The van der Waals surface area contributed by atoms with E-state index in [1.165, 1.54) is 6.07 Å². The number of nitrogens with zero attached hydrogens (tertiary/aromatic N) is 3. The molecule has 22 heavy (non-hydrogen) atoms. The topological polar surface area (TPSA) is 36.0 Å². The van der Waals surface area contributed by atoms with Gasteiger partial charge in [0.2, 0.25) is 6.41 Å². The van der Waals surface area contributed by atoms with E-state index in [-0.39, 0.29) is 5.82 Å². The molecular weight excluding hydrogens is 285 g/mol. The molecule has 0 aliphatic carbocycles. The number of ether oxygens (including phenoxy) is 1. The molecule has 0 bridgehead atoms. The number of carbonyl (C=O) groups is 1. The molecule has 0 spiro atoms. The highest BCUT2D eigenvalue weighted by molar-refractivity contribution is 5.55. The summed E-state index contributed by atoms with van der Waals surface area (Å²) in [6.45, 7) is 6.61. The Balaban J connectivity index is 1.73. The van der Waals surface area contributed by atoms with Crippen LogP contribution in [0.2, 0.25) is 0 Å². The molecule has 2 aliphatic rings. The van der Waals surface area contributed by atoms with Crippen LogP contribution in [0.4, 0.5) is 10.1 Å². The maximum absolute atomic E-state index is 14.3. The van der Waals surface area contributed by atoms with E-state index in [2.05, 4.69) is 9.80 Å². The molecule has 0 radical (unpaired) electrons. The van der Waals surface area contributed by atoms with Crippen LogP contribution in [-0.4, -0.2) is 68.7 Å². The largest absolute Gasteiger partial charge is 0.378 e. The van der Waals surface area contributed by atoms with Gasteiger partial charge in [-0.25, -0.2) is 4.39 Å². The van der Waals surface area contributed by atoms with E-state index >= 15 is 0 Å². The quantitative estimate of drug-likeness (QED) is 0.776. The van der Waals surface area contributed by atoms with Gasteiger partial charge in [-0.05, 0) is 11.6 Å². The highest BCUT2D eigenvalue weighted by Crippen LogP contribution is 2.27. The van der Waals surface area contributed by atoms with Crippen molar-refractivity contribution < 1.29 is 13.9 Å². The molecule has 2 aliphatic heterocycles. The Hall–Kier alpha value is -1.66. The predicted octanol–water partition coefficient (Wildman–Crippen LogP) is 0.936. The highest BCUT2D eigenvalue weighted by atomic mass is 19.1. The number of para-hydroxylation sites is 1. The van der Waals surface area contributed by atoms with Crippen LogP contribution in [-0.2, 0) is 16.1 Å². The van der Waals surface area contributed by atoms with Gasteiger partial charge in [0.25, 0.3) is 0 Å². The minimum Gasteiger partial charge on any atom is -0.378 e. The molecule has 0 atom stereocenters. The number of hydrogen-bond donors (Lipinski definition) is 0. The lowest BCUT2D eigenvalue weighted by Gasteiger charge is -2.35. The first-order valence-corrected chi connectivity index (χ1v) is 7.80. The minimum atomic E-state index is -0.161. The van der Waals surface area contributed by atoms with Gasteiger partial charge in [-0.3, -0.25) is 9.69 Å². The number of anilines is 1. The fraction of sp³-hybridized carbons (Fsp3) is 0.562. The molecule has 0 aromatic heterocycles. The van der Waals surface area contributed by atoms with Crippen molar-refractivity contribution in [2.75, 3.05) is 57.4 Å². The average Bonchev–Trinajstić information content (AvgIpc) is 2.56. The molecule has 120 valence electrons. The number of carbonyl (C=O) groups excluding carboxylic acids is 1. The van der Waals surface area contributed by atoms with E-state index in [0.717, 1.165) is 57.8 Å². The van der Waals surface area contributed by atoms with Crippen molar-refractivity contribution in [1.82, 2.24) is 9.80 Å². The number of piperazine rings is 1. The van der Waals surface area contributed by atoms with Crippen molar-refractivity contribution in [3.05, 3.63) is 29.6 Å². The molecule has 5 nitrogen and oxygen atoms in total. The smallest absolute Gasteiger partial charge is 0.209 e. The van der Waals surface area contributed by atoms with Gasteiger partial charge in [0, 0.05) is 45.8 Å². The van der Waals surface area contributed by atoms with Crippen molar-refractivity contribution in [3.63, 3.8) is 0 Å². The summed E-state index contributed by atoms with van der Waals surface area (Å²) in [7, 11) is 0. The molecule has 3 rings (SSSR count). The monoisotopic (exact) mass is 307 g/mol. The van der Waals surface area contributed by atoms with E-state index in [4.69, 9.17) is 4.74 Å². The van der Waals surface area contributed by atoms with Crippen molar-refractivity contribution in [2.24, 2.45) is 0 Å². The average molecular weight is 307 g/mol. The van der Waals surface area contributed by atoms with Crippen molar-refractivity contribution in [1.29, 1.82) is 0 Å². The number of halogens is 1. The molecule has 0 unspecified atom stereocenters. The molecule has 2 fully saturated rings. The van der Waals surface area contributed by atoms with Crippen LogP contribution in [0.15, 0.2) is 18.2 Å². The Kier molecular flexibility index (Phi) is 4.90. The minimum absolute atomic E-state index is 0.161. The predicted molar refractivity (Wildman–Crippen MR) is 82.3 cm³/mol. The summed E-state index contributed by atoms with van der Waals surface area (Å²) >= 11 is 0. The Morgan fingerprint density at radius 2 is 1.82 bits per heavy atom. The maximum Gasteiger partial charge on any atom is 0.209 e. The zero-order valence-electron chi connectivity index (χ0n) is 12.7. The SMILES string of the molecule is O=CN1CCN(Cc2cccc(F)c2N2CCOCC2)CC1. The lowest BCUT2D eigenvalue weighted by Crippen LogP contribution is -2.45. The number of amides is 1. The first-order chi connectivity index (χ1) is 10.8. The number of rotatable bonds is 4. The molecule has 1 aromatic carbocycles. The summed E-state index contributed by atoms with van der Waals surface area (Å²) in [5, 5.41) is 0. The van der Waals surface area contributed by atoms with Crippen molar-refractivity contribution in [2.45, 2.75) is 6.54 Å². The number of morpholine rings is 1. The van der Waals surface area contributed by atoms with Gasteiger partial charge in [-0.15, -0.1) is 0 Å². The van der Waals surface area contributed by atoms with Gasteiger partial charge >= 0.3 is 0 Å². The van der Waals surface area contributed by atoms with Crippen molar-refractivity contribution >= 4 is 12.1 Å². The lowest BCUT2D eigenvalue weighted by molar-refractivity contribution is -0.119. The van der Waals surface area contributed by atoms with E-state index in [1.54, 1.807) is 11.0 Å². The van der Waals surface area contributed by atoms with E-state index < -0.39 is 0 Å². The molecule has 2 heterocycles. The summed E-state index contributed by atoms with van der Waals surface area (Å²) < 4.78 is 19.7. The van der Waals surface area contributed by atoms with Gasteiger partial charge in [0.15, 0.2) is 0 Å². The second-order valence-corrected chi connectivity index (χ2v) is 5.76. The Morgan fingerprint density at radius 3 is 2.50 bits per heavy atom. The lowest BCUT2D eigenvalue weighted by atomic mass is 10.1. The third-order valence-corrected chi connectivity index (χ3v) is 4.35. The fourth-order valence-corrected chi connectivity index (χ4v) is 3.10. The Labute approximate surface area is 130 Å². The van der Waals surface area contributed by atoms with Crippen LogP contribution in [0.25, 0.3) is 0 Å². The Morgan fingerprint density at radius 1 is 1.09 bits per heavy atom. The summed E-state index contributed by atoms with van der Waals surface area (Å²) in [6, 6.07) is 5.30. The number of hydrogen-bond acceptors (Lipinski definition) is 4. The summed E-state index contributed by atoms with van der Waals surface area (Å²) in [5.74, 6) is -0.161. The van der Waals surface area contributed by atoms with E-state index in [9.17, 15) is 9.18 Å². The van der Waals surface area contributed by atoms with Gasteiger partial charge in [-0.2, -0.15) is 0 Å². The third-order valence-electron chi connectivity index (χ3n) is 4.35. The van der Waals surface area contributed by atoms with Gasteiger partial charge in [-0.1, -0.05) is 12.1 Å². The standard InChI is InChI=1S/C16H22FN3O2/c17-15-3-1-2-14(16(15)20-8-10-22-11-9-20)12-18-4-6-19(13-21)7-5-18/h1-3,13H,4-12H2. The van der Waals surface area contributed by atoms with Crippen molar-refractivity contribution in [3.8, 4) is 0 Å². The number of benzene rings is 1. The van der Waals surface area contributed by atoms with Crippen LogP contribution in [0, 0.1) is 5.82 Å². The van der Waals surface area contributed by atoms with Crippen LogP contribution in [0.5, 0.6) is 0 Å². The fourth-order valence-electron chi connectivity index (χ4n) is 3.10. The van der Waals surface area contributed by atoms with Crippen LogP contribution >= 0.6 is 0 Å².